The summed E-state index contributed by atoms with van der Waals surface area (Å²) in [5, 5.41) is 0. The average molecular weight is 212 g/mol. The van der Waals surface area contributed by atoms with Gasteiger partial charge in [-0.2, -0.15) is 0 Å². The molecule has 1 aliphatic rings. The Bertz CT molecular complexity index is 321. The summed E-state index contributed by atoms with van der Waals surface area (Å²) in [7, 11) is 1.28. The van der Waals surface area contributed by atoms with E-state index < -0.39 is 5.97 Å². The highest BCUT2D eigenvalue weighted by molar-refractivity contribution is 6.06. The van der Waals surface area contributed by atoms with Crippen LogP contribution in [0.4, 0.5) is 0 Å². The normalized spacial score (nSPS) is 16.5. The van der Waals surface area contributed by atoms with Crippen LogP contribution in [0.15, 0.2) is 11.3 Å². The van der Waals surface area contributed by atoms with Gasteiger partial charge in [-0.05, 0) is 5.92 Å². The van der Waals surface area contributed by atoms with Crippen LogP contribution in [0.3, 0.4) is 0 Å². The number of hydrogen-bond donors (Lipinski definition) is 1. The third-order valence-corrected chi connectivity index (χ3v) is 2.21. The zero-order valence-electron chi connectivity index (χ0n) is 9.24. The average Bonchev–Trinajstić information content (AvgIpc) is 2.44. The Kier molecular flexibility index (Phi) is 3.34. The molecule has 5 heteroatoms. The largest absolute Gasteiger partial charge is 0.466 e. The van der Waals surface area contributed by atoms with Gasteiger partial charge < -0.3 is 15.4 Å². The maximum absolute atomic E-state index is 11.6. The molecule has 5 nitrogen and oxygen atoms in total. The molecule has 15 heavy (non-hydrogen) atoms. The highest BCUT2D eigenvalue weighted by atomic mass is 16.5. The number of carbonyl (C=O) groups excluding carboxylic acids is 2. The van der Waals surface area contributed by atoms with Gasteiger partial charge in [0.05, 0.1) is 19.2 Å². The minimum Gasteiger partial charge on any atom is -0.466 e. The van der Waals surface area contributed by atoms with Crippen LogP contribution in [0.5, 0.6) is 0 Å². The highest BCUT2D eigenvalue weighted by Gasteiger charge is 2.32. The van der Waals surface area contributed by atoms with Crippen LogP contribution in [0, 0.1) is 5.92 Å². The first-order valence-electron chi connectivity index (χ1n) is 4.83. The molecular formula is C10H16N2O3. The summed E-state index contributed by atoms with van der Waals surface area (Å²) in [5.74, 6) is -0.449. The predicted octanol–water partition coefficient (Wildman–Crippen LogP) is -0.130. The molecule has 1 heterocycles. The topological polar surface area (TPSA) is 72.6 Å². The first-order chi connectivity index (χ1) is 6.97. The fraction of sp³-hybridized carbons (Fsp3) is 0.600. The first-order valence-corrected chi connectivity index (χ1v) is 4.83. The second-order valence-corrected chi connectivity index (χ2v) is 3.96. The molecule has 0 spiro atoms. The quantitative estimate of drug-likeness (QED) is 0.661. The van der Waals surface area contributed by atoms with Crippen molar-refractivity contribution in [2.24, 2.45) is 11.7 Å². The number of methoxy groups -OCH3 is 1. The van der Waals surface area contributed by atoms with Crippen molar-refractivity contribution in [1.29, 1.82) is 0 Å². The maximum Gasteiger partial charge on any atom is 0.337 e. The summed E-state index contributed by atoms with van der Waals surface area (Å²) in [6, 6.07) is 0. The van der Waals surface area contributed by atoms with Crippen molar-refractivity contribution in [3.8, 4) is 0 Å². The van der Waals surface area contributed by atoms with Crippen molar-refractivity contribution >= 4 is 11.9 Å². The van der Waals surface area contributed by atoms with Gasteiger partial charge in [0.1, 0.15) is 5.70 Å². The molecule has 0 radical (unpaired) electrons. The lowest BCUT2D eigenvalue weighted by atomic mass is 10.2. The first kappa shape index (κ1) is 11.6. The van der Waals surface area contributed by atoms with Gasteiger partial charge in [-0.3, -0.25) is 4.79 Å². The van der Waals surface area contributed by atoms with Gasteiger partial charge in [0, 0.05) is 6.54 Å². The number of nitrogens with two attached hydrogens (primary N) is 1. The molecule has 0 aliphatic carbocycles. The van der Waals surface area contributed by atoms with Crippen LogP contribution in [-0.4, -0.2) is 37.0 Å². The molecule has 84 valence electrons. The summed E-state index contributed by atoms with van der Waals surface area (Å²) < 4.78 is 4.55. The van der Waals surface area contributed by atoms with Gasteiger partial charge in [0.25, 0.3) is 5.91 Å². The Morgan fingerprint density at radius 2 is 2.20 bits per heavy atom. The maximum atomic E-state index is 11.6. The molecule has 2 N–H and O–H groups in total. The number of esters is 1. The molecule has 0 saturated heterocycles. The zero-order valence-corrected chi connectivity index (χ0v) is 9.24. The Balaban J connectivity index is 2.78. The molecule has 0 fully saturated rings. The van der Waals surface area contributed by atoms with E-state index >= 15 is 0 Å². The fourth-order valence-electron chi connectivity index (χ4n) is 1.53. The molecular weight excluding hydrogens is 196 g/mol. The van der Waals surface area contributed by atoms with Crippen molar-refractivity contribution in [3.05, 3.63) is 11.3 Å². The molecule has 1 amide bonds. The van der Waals surface area contributed by atoms with Gasteiger partial charge in [-0.25, -0.2) is 4.79 Å². The van der Waals surface area contributed by atoms with Crippen molar-refractivity contribution in [2.45, 2.75) is 13.8 Å². The van der Waals surface area contributed by atoms with E-state index in [2.05, 4.69) is 4.74 Å². The second-order valence-electron chi connectivity index (χ2n) is 3.96. The van der Waals surface area contributed by atoms with E-state index in [1.54, 1.807) is 4.90 Å². The van der Waals surface area contributed by atoms with E-state index in [1.165, 1.54) is 7.11 Å². The van der Waals surface area contributed by atoms with E-state index in [1.807, 2.05) is 13.8 Å². The molecule has 0 aromatic heterocycles. The third-order valence-electron chi connectivity index (χ3n) is 2.21. The number of nitrogens with zero attached hydrogens (tertiary/aromatic N) is 1. The minimum absolute atomic E-state index is 0.0162. The number of amides is 1. The lowest BCUT2D eigenvalue weighted by Gasteiger charge is -2.18. The van der Waals surface area contributed by atoms with Crippen molar-refractivity contribution < 1.29 is 14.3 Å². The summed E-state index contributed by atoms with van der Waals surface area (Å²) in [6.45, 7) is 4.86. The second kappa shape index (κ2) is 4.33. The highest BCUT2D eigenvalue weighted by Crippen LogP contribution is 2.17. The minimum atomic E-state index is -0.521. The molecule has 0 bridgehead atoms. The van der Waals surface area contributed by atoms with Crippen molar-refractivity contribution in [3.63, 3.8) is 0 Å². The molecule has 0 unspecified atom stereocenters. The van der Waals surface area contributed by atoms with Crippen LogP contribution >= 0.6 is 0 Å². The van der Waals surface area contributed by atoms with Crippen molar-refractivity contribution in [2.75, 3.05) is 20.2 Å². The van der Waals surface area contributed by atoms with Crippen LogP contribution in [-0.2, 0) is 14.3 Å². The van der Waals surface area contributed by atoms with Crippen LogP contribution in [0.1, 0.15) is 13.8 Å². The predicted molar refractivity (Wildman–Crippen MR) is 54.6 cm³/mol. The molecule has 0 atom stereocenters. The van der Waals surface area contributed by atoms with Gasteiger partial charge in [0.2, 0.25) is 0 Å². The monoisotopic (exact) mass is 212 g/mol. The summed E-state index contributed by atoms with van der Waals surface area (Å²) >= 11 is 0. The smallest absolute Gasteiger partial charge is 0.337 e. The van der Waals surface area contributed by atoms with E-state index in [4.69, 9.17) is 5.73 Å². The molecule has 1 rings (SSSR count). The molecule has 0 aromatic carbocycles. The fourth-order valence-corrected chi connectivity index (χ4v) is 1.53. The Labute approximate surface area is 88.9 Å². The van der Waals surface area contributed by atoms with E-state index in [9.17, 15) is 9.59 Å². The van der Waals surface area contributed by atoms with E-state index in [0.717, 1.165) is 0 Å². The summed E-state index contributed by atoms with van der Waals surface area (Å²) in [5.41, 5.74) is 5.84. The van der Waals surface area contributed by atoms with Crippen LogP contribution < -0.4 is 5.73 Å². The standard InChI is InChI=1S/C10H16N2O3/c1-6(2)4-12-5-7(10(14)15-3)8(11)9(12)13/h6H,4-5,11H2,1-3H3. The van der Waals surface area contributed by atoms with Gasteiger partial charge in [0.15, 0.2) is 0 Å². The van der Waals surface area contributed by atoms with Gasteiger partial charge in [-0.15, -0.1) is 0 Å². The van der Waals surface area contributed by atoms with Crippen molar-refractivity contribution in [1.82, 2.24) is 4.90 Å². The lowest BCUT2D eigenvalue weighted by Crippen LogP contribution is -2.32. The Morgan fingerprint density at radius 3 is 2.67 bits per heavy atom. The Morgan fingerprint density at radius 1 is 1.60 bits per heavy atom. The lowest BCUT2D eigenvalue weighted by molar-refractivity contribution is -0.136. The Hall–Kier alpha value is -1.52. The molecule has 0 saturated carbocycles. The zero-order chi connectivity index (χ0) is 11.6. The molecule has 1 aliphatic heterocycles. The van der Waals surface area contributed by atoms with Gasteiger partial charge in [-0.1, -0.05) is 13.8 Å². The van der Waals surface area contributed by atoms with E-state index in [-0.39, 0.29) is 23.7 Å². The third kappa shape index (κ3) is 2.29. The number of hydrogen-bond acceptors (Lipinski definition) is 4. The number of rotatable bonds is 3. The number of ether oxygens (including phenoxy) is 1. The van der Waals surface area contributed by atoms with Crippen LogP contribution in [0.2, 0.25) is 0 Å². The summed E-state index contributed by atoms with van der Waals surface area (Å²) in [6.07, 6.45) is 0. The van der Waals surface area contributed by atoms with E-state index in [0.29, 0.717) is 12.5 Å². The molecule has 0 aromatic rings. The van der Waals surface area contributed by atoms with Gasteiger partial charge >= 0.3 is 5.97 Å². The SMILES string of the molecule is COC(=O)C1=C(N)C(=O)N(CC(C)C)C1. The number of carbonyl (C=O) groups is 2. The van der Waals surface area contributed by atoms with Crippen LogP contribution in [0.25, 0.3) is 0 Å². The summed E-state index contributed by atoms with van der Waals surface area (Å²) in [4.78, 5) is 24.4.